The maximum Gasteiger partial charge on any atom is 0.254 e. The normalized spacial score (nSPS) is 21.3. The third kappa shape index (κ3) is 6.45. The molecule has 7 nitrogen and oxygen atoms in total. The van der Waals surface area contributed by atoms with Crippen LogP contribution in [0.15, 0.2) is 36.4 Å². The summed E-state index contributed by atoms with van der Waals surface area (Å²) >= 11 is 0. The number of aliphatic hydroxyl groups is 1. The summed E-state index contributed by atoms with van der Waals surface area (Å²) in [7, 11) is 0. The van der Waals surface area contributed by atoms with Crippen LogP contribution in [0.3, 0.4) is 0 Å². The lowest BCUT2D eigenvalue weighted by Crippen LogP contribution is -2.58. The highest BCUT2D eigenvalue weighted by atomic mass is 19.1. The van der Waals surface area contributed by atoms with Crippen molar-refractivity contribution in [3.8, 4) is 0 Å². The standard InChI is InChI=1S/C29H35F2N3O4/c1-3-23-6-5-9-34(23)29(38)20-11-17(2)10-19(15-20)28(37)33-24(14-18-12-21(30)16-22(31)13-18)27(36)26-25(35)7-4-8-32-26/h10-13,15-16,23-24,26-27,32,36H,3-9,14H2,1-2H3,(H,33,37)/t23-,24-,26+,27-/m0/s1. The van der Waals surface area contributed by atoms with Gasteiger partial charge in [0.15, 0.2) is 5.78 Å². The van der Waals surface area contributed by atoms with E-state index in [0.717, 1.165) is 43.0 Å². The zero-order valence-electron chi connectivity index (χ0n) is 21.8. The molecule has 2 amide bonds. The van der Waals surface area contributed by atoms with Gasteiger partial charge >= 0.3 is 0 Å². The molecule has 2 aromatic rings. The Morgan fingerprint density at radius 3 is 2.50 bits per heavy atom. The third-order valence-electron chi connectivity index (χ3n) is 7.46. The van der Waals surface area contributed by atoms with Crippen LogP contribution in [0.4, 0.5) is 8.78 Å². The van der Waals surface area contributed by atoms with Gasteiger partial charge in [0.05, 0.1) is 18.2 Å². The van der Waals surface area contributed by atoms with Gasteiger partial charge < -0.3 is 20.6 Å². The number of Topliss-reactive ketones (excluding diaryl/α,β-unsaturated/α-hetero) is 1. The maximum absolute atomic E-state index is 13.9. The van der Waals surface area contributed by atoms with Crippen molar-refractivity contribution in [1.29, 1.82) is 0 Å². The number of piperidine rings is 1. The van der Waals surface area contributed by atoms with Gasteiger partial charge in [-0.1, -0.05) is 6.92 Å². The smallest absolute Gasteiger partial charge is 0.254 e. The largest absolute Gasteiger partial charge is 0.389 e. The molecule has 0 spiro atoms. The number of benzene rings is 2. The first-order valence-electron chi connectivity index (χ1n) is 13.3. The zero-order valence-corrected chi connectivity index (χ0v) is 21.8. The molecule has 9 heteroatoms. The fourth-order valence-electron chi connectivity index (χ4n) is 5.56. The Hall–Kier alpha value is -3.17. The Balaban J connectivity index is 1.59. The lowest BCUT2D eigenvalue weighted by molar-refractivity contribution is -0.125. The molecule has 0 unspecified atom stereocenters. The Kier molecular flexibility index (Phi) is 8.89. The molecule has 0 saturated carbocycles. The van der Waals surface area contributed by atoms with E-state index in [2.05, 4.69) is 10.6 Å². The van der Waals surface area contributed by atoms with Crippen LogP contribution in [0, 0.1) is 18.6 Å². The first-order valence-corrected chi connectivity index (χ1v) is 13.3. The summed E-state index contributed by atoms with van der Waals surface area (Å²) in [5.41, 5.74) is 1.59. The van der Waals surface area contributed by atoms with Crippen molar-refractivity contribution in [2.24, 2.45) is 0 Å². The Morgan fingerprint density at radius 2 is 1.82 bits per heavy atom. The first-order chi connectivity index (χ1) is 18.2. The van der Waals surface area contributed by atoms with E-state index < -0.39 is 35.7 Å². The van der Waals surface area contributed by atoms with Gasteiger partial charge in [0.1, 0.15) is 11.6 Å². The predicted octanol–water partition coefficient (Wildman–Crippen LogP) is 3.31. The molecule has 2 fully saturated rings. The van der Waals surface area contributed by atoms with Gasteiger partial charge in [-0.25, -0.2) is 8.78 Å². The fraction of sp³-hybridized carbons (Fsp3) is 0.483. The number of hydrogen-bond donors (Lipinski definition) is 3. The summed E-state index contributed by atoms with van der Waals surface area (Å²) in [5, 5.41) is 16.9. The van der Waals surface area contributed by atoms with Crippen molar-refractivity contribution in [1.82, 2.24) is 15.5 Å². The highest BCUT2D eigenvalue weighted by Gasteiger charge is 2.35. The van der Waals surface area contributed by atoms with Crippen LogP contribution in [-0.2, 0) is 11.2 Å². The van der Waals surface area contributed by atoms with Crippen LogP contribution >= 0.6 is 0 Å². The van der Waals surface area contributed by atoms with E-state index in [4.69, 9.17) is 0 Å². The number of carbonyl (C=O) groups is 3. The number of aliphatic hydroxyl groups excluding tert-OH is 1. The number of hydrogen-bond acceptors (Lipinski definition) is 5. The number of amides is 2. The number of halogens is 2. The molecular formula is C29H35F2N3O4. The second-order valence-electron chi connectivity index (χ2n) is 10.3. The van der Waals surface area contributed by atoms with E-state index in [0.29, 0.717) is 31.5 Å². The summed E-state index contributed by atoms with van der Waals surface area (Å²) in [6, 6.07) is 6.17. The van der Waals surface area contributed by atoms with Gasteiger partial charge in [-0.3, -0.25) is 14.4 Å². The second-order valence-corrected chi connectivity index (χ2v) is 10.3. The SMILES string of the molecule is CC[C@H]1CCCN1C(=O)c1cc(C)cc(C(=O)N[C@@H](Cc2cc(F)cc(F)c2)[C@H](O)[C@@H]2NCCCC2=O)c1. The lowest BCUT2D eigenvalue weighted by Gasteiger charge is -2.33. The number of likely N-dealkylation sites (tertiary alicyclic amines) is 1. The van der Waals surface area contributed by atoms with Gasteiger partial charge in [0.25, 0.3) is 11.8 Å². The Morgan fingerprint density at radius 1 is 1.11 bits per heavy atom. The van der Waals surface area contributed by atoms with E-state index >= 15 is 0 Å². The number of ketones is 1. The number of nitrogens with one attached hydrogen (secondary N) is 2. The number of carbonyl (C=O) groups excluding carboxylic acids is 3. The van der Waals surface area contributed by atoms with Crippen LogP contribution in [0.5, 0.6) is 0 Å². The second kappa shape index (κ2) is 12.1. The van der Waals surface area contributed by atoms with E-state index in [1.54, 1.807) is 19.1 Å². The molecule has 4 rings (SSSR count). The predicted molar refractivity (Wildman–Crippen MR) is 139 cm³/mol. The van der Waals surface area contributed by atoms with E-state index in [9.17, 15) is 28.3 Å². The van der Waals surface area contributed by atoms with Crippen molar-refractivity contribution in [3.63, 3.8) is 0 Å². The first kappa shape index (κ1) is 27.9. The summed E-state index contributed by atoms with van der Waals surface area (Å²) in [4.78, 5) is 41.0. The van der Waals surface area contributed by atoms with Crippen LogP contribution in [0.2, 0.25) is 0 Å². The minimum absolute atomic E-state index is 0.101. The van der Waals surface area contributed by atoms with Crippen molar-refractivity contribution < 1.29 is 28.3 Å². The molecule has 2 heterocycles. The molecule has 0 aliphatic carbocycles. The average molecular weight is 528 g/mol. The molecule has 2 saturated heterocycles. The number of rotatable bonds is 8. The van der Waals surface area contributed by atoms with Gasteiger partial charge in [-0.05, 0) is 87.0 Å². The van der Waals surface area contributed by atoms with Gasteiger partial charge in [0, 0.05) is 36.2 Å². The number of nitrogens with zero attached hydrogens (tertiary/aromatic N) is 1. The zero-order chi connectivity index (χ0) is 27.4. The Labute approximate surface area is 221 Å². The molecule has 204 valence electrons. The molecule has 2 aliphatic heterocycles. The van der Waals surface area contributed by atoms with Crippen LogP contribution in [0.25, 0.3) is 0 Å². The third-order valence-corrected chi connectivity index (χ3v) is 7.46. The molecule has 0 aromatic heterocycles. The minimum Gasteiger partial charge on any atom is -0.389 e. The molecule has 0 radical (unpaired) electrons. The maximum atomic E-state index is 13.9. The van der Waals surface area contributed by atoms with Crippen LogP contribution in [-0.4, -0.2) is 64.9 Å². The summed E-state index contributed by atoms with van der Waals surface area (Å²) in [5.74, 6) is -2.43. The average Bonchev–Trinajstić information content (AvgIpc) is 3.35. The molecule has 38 heavy (non-hydrogen) atoms. The molecule has 3 N–H and O–H groups in total. The van der Waals surface area contributed by atoms with E-state index in [1.807, 2.05) is 11.8 Å². The lowest BCUT2D eigenvalue weighted by atomic mass is 9.90. The summed E-state index contributed by atoms with van der Waals surface area (Å²) < 4.78 is 27.8. The highest BCUT2D eigenvalue weighted by Crippen LogP contribution is 2.24. The monoisotopic (exact) mass is 527 g/mol. The van der Waals surface area contributed by atoms with Crippen LogP contribution in [0.1, 0.15) is 70.9 Å². The van der Waals surface area contributed by atoms with Crippen molar-refractivity contribution in [2.45, 2.75) is 76.6 Å². The van der Waals surface area contributed by atoms with Crippen molar-refractivity contribution in [2.75, 3.05) is 13.1 Å². The molecule has 2 aromatic carbocycles. The van der Waals surface area contributed by atoms with E-state index in [-0.39, 0.29) is 35.3 Å². The van der Waals surface area contributed by atoms with Crippen molar-refractivity contribution in [3.05, 3.63) is 70.3 Å². The summed E-state index contributed by atoms with van der Waals surface area (Å²) in [6.45, 7) is 5.05. The highest BCUT2D eigenvalue weighted by molar-refractivity contribution is 6.00. The summed E-state index contributed by atoms with van der Waals surface area (Å²) in [6.07, 6.45) is 2.26. The van der Waals surface area contributed by atoms with E-state index in [1.165, 1.54) is 6.07 Å². The molecule has 0 bridgehead atoms. The topological polar surface area (TPSA) is 98.7 Å². The van der Waals surface area contributed by atoms with Gasteiger partial charge in [-0.15, -0.1) is 0 Å². The number of aryl methyl sites for hydroxylation is 1. The quantitative estimate of drug-likeness (QED) is 0.489. The van der Waals surface area contributed by atoms with Crippen LogP contribution < -0.4 is 10.6 Å². The molecular weight excluding hydrogens is 492 g/mol. The van der Waals surface area contributed by atoms with Gasteiger partial charge in [-0.2, -0.15) is 0 Å². The van der Waals surface area contributed by atoms with Gasteiger partial charge in [0.2, 0.25) is 0 Å². The minimum atomic E-state index is -1.33. The molecule has 2 aliphatic rings. The molecule has 4 atom stereocenters. The Bertz CT molecular complexity index is 1180. The van der Waals surface area contributed by atoms with Crippen molar-refractivity contribution >= 4 is 17.6 Å². The fourth-order valence-corrected chi connectivity index (χ4v) is 5.56.